The number of hydrogen-bond acceptors (Lipinski definition) is 7. The lowest BCUT2D eigenvalue weighted by Crippen LogP contribution is -2.24. The lowest BCUT2D eigenvalue weighted by molar-refractivity contribution is -0.118. The Morgan fingerprint density at radius 3 is 2.71 bits per heavy atom. The monoisotopic (exact) mass is 538 g/mol. The van der Waals surface area contributed by atoms with Crippen molar-refractivity contribution in [2.24, 2.45) is 5.10 Å². The highest BCUT2D eigenvalue weighted by Gasteiger charge is 2.14. The van der Waals surface area contributed by atoms with E-state index < -0.39 is 0 Å². The van der Waals surface area contributed by atoms with Gasteiger partial charge in [-0.05, 0) is 57.9 Å². The molecule has 1 aromatic heterocycles. The molecule has 0 saturated carbocycles. The van der Waals surface area contributed by atoms with Crippen LogP contribution in [0.3, 0.4) is 0 Å². The van der Waals surface area contributed by atoms with Crippen LogP contribution in [-0.4, -0.2) is 39.6 Å². The van der Waals surface area contributed by atoms with Crippen LogP contribution in [0, 0.1) is 0 Å². The number of rotatable bonds is 7. The number of aromatic hydroxyl groups is 1. The summed E-state index contributed by atoms with van der Waals surface area (Å²) in [6, 6.07) is 19.5. The number of amides is 1. The molecule has 0 bridgehead atoms. The quantitative estimate of drug-likeness (QED) is 0.159. The van der Waals surface area contributed by atoms with Gasteiger partial charge < -0.3 is 9.84 Å². The third-order valence-electron chi connectivity index (χ3n) is 4.77. The molecule has 0 spiro atoms. The largest absolute Gasteiger partial charge is 0.503 e. The molecule has 1 heterocycles. The summed E-state index contributed by atoms with van der Waals surface area (Å²) in [4.78, 5) is 30.2. The number of nitrogens with one attached hydrogen (secondary N) is 1. The second-order valence-corrected chi connectivity index (χ2v) is 8.82. The molecule has 0 aliphatic heterocycles. The first-order valence-electron chi connectivity index (χ1n) is 10.1. The summed E-state index contributed by atoms with van der Waals surface area (Å²) in [6.07, 6.45) is 1.43. The number of para-hydroxylation sites is 2. The van der Waals surface area contributed by atoms with Gasteiger partial charge in [-0.15, -0.1) is 0 Å². The lowest BCUT2D eigenvalue weighted by Gasteiger charge is -2.12. The fraction of sp³-hybridized carbons (Fsp3) is 0.0833. The normalized spacial score (nSPS) is 11.1. The predicted octanol–water partition coefficient (Wildman–Crippen LogP) is 4.10. The van der Waals surface area contributed by atoms with Crippen molar-refractivity contribution in [3.05, 3.63) is 87.1 Å². The third kappa shape index (κ3) is 5.13. The summed E-state index contributed by atoms with van der Waals surface area (Å²) in [5.74, 6) is -0.114. The molecule has 3 aromatic carbocycles. The standard InChI is InChI=1S/C24H19BrN4O4S/c1-33-20-12-15(11-18(25)22(20)31)13-26-28-21(30)14-34-24-27-19-10-6-5-9-17(19)23(32)29(24)16-7-3-2-4-8-16/h2-13,31H,14H2,1H3,(H,28,30)/b26-13-. The number of aromatic nitrogens is 2. The minimum absolute atomic E-state index is 0.00243. The van der Waals surface area contributed by atoms with Gasteiger partial charge in [0.05, 0.1) is 40.1 Å². The maximum absolute atomic E-state index is 13.2. The molecule has 0 aliphatic carbocycles. The molecule has 4 aromatic rings. The van der Waals surface area contributed by atoms with E-state index in [9.17, 15) is 14.7 Å². The van der Waals surface area contributed by atoms with Crippen molar-refractivity contribution < 1.29 is 14.6 Å². The van der Waals surface area contributed by atoms with Gasteiger partial charge in [-0.2, -0.15) is 5.10 Å². The van der Waals surface area contributed by atoms with Crippen LogP contribution in [0.15, 0.2) is 86.3 Å². The first-order chi connectivity index (χ1) is 16.5. The fourth-order valence-electron chi connectivity index (χ4n) is 3.18. The van der Waals surface area contributed by atoms with Crippen LogP contribution in [0.25, 0.3) is 16.6 Å². The molecular weight excluding hydrogens is 520 g/mol. The van der Waals surface area contributed by atoms with E-state index in [1.165, 1.54) is 17.9 Å². The van der Waals surface area contributed by atoms with Crippen molar-refractivity contribution in [3.8, 4) is 17.2 Å². The van der Waals surface area contributed by atoms with E-state index in [0.717, 1.165) is 11.8 Å². The molecule has 10 heteroatoms. The van der Waals surface area contributed by atoms with Crippen LogP contribution < -0.4 is 15.7 Å². The molecule has 2 N–H and O–H groups in total. The lowest BCUT2D eigenvalue weighted by atomic mass is 10.2. The molecular formula is C24H19BrN4O4S. The number of benzene rings is 3. The van der Waals surface area contributed by atoms with Crippen molar-refractivity contribution in [1.82, 2.24) is 15.0 Å². The van der Waals surface area contributed by atoms with Crippen molar-refractivity contribution in [2.45, 2.75) is 5.16 Å². The molecule has 0 fully saturated rings. The molecule has 34 heavy (non-hydrogen) atoms. The van der Waals surface area contributed by atoms with Crippen molar-refractivity contribution in [2.75, 3.05) is 12.9 Å². The van der Waals surface area contributed by atoms with Crippen molar-refractivity contribution in [3.63, 3.8) is 0 Å². The molecule has 0 radical (unpaired) electrons. The summed E-state index contributed by atoms with van der Waals surface area (Å²) < 4.78 is 7.05. The Morgan fingerprint density at radius 2 is 1.94 bits per heavy atom. The summed E-state index contributed by atoms with van der Waals surface area (Å²) >= 11 is 4.38. The SMILES string of the molecule is COc1cc(/C=N\NC(=O)CSc2nc3ccccc3c(=O)n2-c2ccccc2)cc(Br)c1O. The van der Waals surface area contributed by atoms with E-state index in [4.69, 9.17) is 4.74 Å². The molecule has 1 amide bonds. The van der Waals surface area contributed by atoms with Gasteiger partial charge in [0.1, 0.15) is 0 Å². The van der Waals surface area contributed by atoms with Crippen LogP contribution >= 0.6 is 27.7 Å². The summed E-state index contributed by atoms with van der Waals surface area (Å²) in [5, 5.41) is 14.8. The van der Waals surface area contributed by atoms with Gasteiger partial charge in [0, 0.05) is 0 Å². The zero-order chi connectivity index (χ0) is 24.1. The number of carbonyl (C=O) groups is 1. The van der Waals surface area contributed by atoms with E-state index >= 15 is 0 Å². The number of phenols is 1. The molecule has 0 atom stereocenters. The number of phenolic OH excluding ortho intramolecular Hbond substituents is 1. The van der Waals surface area contributed by atoms with E-state index in [2.05, 4.69) is 31.4 Å². The maximum atomic E-state index is 13.2. The average molecular weight is 539 g/mol. The Kier molecular flexibility index (Phi) is 7.29. The summed E-state index contributed by atoms with van der Waals surface area (Å²) in [7, 11) is 1.44. The minimum atomic E-state index is -0.368. The highest BCUT2D eigenvalue weighted by Crippen LogP contribution is 2.34. The number of carbonyl (C=O) groups excluding carboxylic acids is 1. The zero-order valence-corrected chi connectivity index (χ0v) is 20.3. The molecule has 172 valence electrons. The fourth-order valence-corrected chi connectivity index (χ4v) is 4.44. The first-order valence-corrected chi connectivity index (χ1v) is 11.8. The number of hydrazone groups is 1. The van der Waals surface area contributed by atoms with Crippen LogP contribution in [-0.2, 0) is 4.79 Å². The van der Waals surface area contributed by atoms with E-state index in [1.54, 1.807) is 30.3 Å². The molecule has 8 nitrogen and oxygen atoms in total. The summed E-state index contributed by atoms with van der Waals surface area (Å²) in [5.41, 5.74) is 4.10. The Balaban J connectivity index is 1.52. The van der Waals surface area contributed by atoms with Crippen LogP contribution in [0.1, 0.15) is 5.56 Å². The Labute approximate surface area is 207 Å². The number of halogens is 1. The average Bonchev–Trinajstić information content (AvgIpc) is 2.85. The topological polar surface area (TPSA) is 106 Å². The second kappa shape index (κ2) is 10.5. The molecule has 0 aliphatic rings. The zero-order valence-electron chi connectivity index (χ0n) is 17.9. The number of hydrogen-bond donors (Lipinski definition) is 2. The van der Waals surface area contributed by atoms with E-state index in [1.807, 2.05) is 36.4 Å². The van der Waals surface area contributed by atoms with Gasteiger partial charge in [0.2, 0.25) is 0 Å². The third-order valence-corrected chi connectivity index (χ3v) is 6.31. The Bertz CT molecular complexity index is 1440. The number of thioether (sulfide) groups is 1. The first kappa shape index (κ1) is 23.5. The van der Waals surface area contributed by atoms with E-state index in [0.29, 0.717) is 31.8 Å². The highest BCUT2D eigenvalue weighted by molar-refractivity contribution is 9.10. The molecule has 4 rings (SSSR count). The predicted molar refractivity (Wildman–Crippen MR) is 136 cm³/mol. The molecule has 0 saturated heterocycles. The van der Waals surface area contributed by atoms with Crippen molar-refractivity contribution >= 4 is 50.7 Å². The number of ether oxygens (including phenoxy) is 1. The van der Waals surface area contributed by atoms with Gasteiger partial charge in [0.15, 0.2) is 16.7 Å². The van der Waals surface area contributed by atoms with Gasteiger partial charge >= 0.3 is 0 Å². The number of fused-ring (bicyclic) bond motifs is 1. The summed E-state index contributed by atoms with van der Waals surface area (Å²) in [6.45, 7) is 0. The van der Waals surface area contributed by atoms with Crippen molar-refractivity contribution in [1.29, 1.82) is 0 Å². The van der Waals surface area contributed by atoms with E-state index in [-0.39, 0.29) is 28.7 Å². The molecule has 0 unspecified atom stereocenters. The highest BCUT2D eigenvalue weighted by atomic mass is 79.9. The van der Waals surface area contributed by atoms with Gasteiger partial charge in [-0.25, -0.2) is 10.4 Å². The van der Waals surface area contributed by atoms with Crippen LogP contribution in [0.4, 0.5) is 0 Å². The second-order valence-electron chi connectivity index (χ2n) is 7.02. The number of methoxy groups -OCH3 is 1. The number of nitrogens with zero attached hydrogens (tertiary/aromatic N) is 3. The van der Waals surface area contributed by atoms with Gasteiger partial charge in [0.25, 0.3) is 11.5 Å². The maximum Gasteiger partial charge on any atom is 0.266 e. The Hall–Kier alpha value is -3.63. The Morgan fingerprint density at radius 1 is 1.21 bits per heavy atom. The smallest absolute Gasteiger partial charge is 0.266 e. The van der Waals surface area contributed by atoms with Gasteiger partial charge in [-0.1, -0.05) is 42.1 Å². The minimum Gasteiger partial charge on any atom is -0.503 e. The van der Waals surface area contributed by atoms with Crippen LogP contribution in [0.2, 0.25) is 0 Å². The van der Waals surface area contributed by atoms with Crippen LogP contribution in [0.5, 0.6) is 11.5 Å². The van der Waals surface area contributed by atoms with Gasteiger partial charge in [-0.3, -0.25) is 14.2 Å².